The van der Waals surface area contributed by atoms with E-state index in [-0.39, 0.29) is 17.6 Å². The molecule has 0 saturated heterocycles. The van der Waals surface area contributed by atoms with Crippen molar-refractivity contribution in [2.45, 2.75) is 31.8 Å². The molecule has 1 fully saturated rings. The van der Waals surface area contributed by atoms with E-state index in [0.717, 1.165) is 36.3 Å². The van der Waals surface area contributed by atoms with Crippen molar-refractivity contribution >= 4 is 11.6 Å². The van der Waals surface area contributed by atoms with E-state index >= 15 is 0 Å². The lowest BCUT2D eigenvalue weighted by molar-refractivity contribution is -0.118. The van der Waals surface area contributed by atoms with Crippen LogP contribution < -0.4 is 15.4 Å². The predicted molar refractivity (Wildman–Crippen MR) is 96.0 cm³/mol. The summed E-state index contributed by atoms with van der Waals surface area (Å²) in [5.74, 6) is -0.954. The lowest BCUT2D eigenvalue weighted by Crippen LogP contribution is -2.41. The topological polar surface area (TPSA) is 50.4 Å². The van der Waals surface area contributed by atoms with Crippen LogP contribution in [0.5, 0.6) is 5.75 Å². The first-order valence-corrected chi connectivity index (χ1v) is 8.64. The van der Waals surface area contributed by atoms with E-state index in [1.54, 1.807) is 14.0 Å². The highest BCUT2D eigenvalue weighted by molar-refractivity contribution is 5.94. The van der Waals surface area contributed by atoms with E-state index in [1.807, 2.05) is 24.3 Å². The number of methoxy groups -OCH3 is 1. The summed E-state index contributed by atoms with van der Waals surface area (Å²) in [6, 6.07) is 10.7. The first-order valence-electron chi connectivity index (χ1n) is 8.64. The number of hydrogen-bond donors (Lipinski definition) is 2. The molecule has 0 radical (unpaired) electrons. The second kappa shape index (κ2) is 7.83. The Morgan fingerprint density at radius 3 is 2.38 bits per heavy atom. The van der Waals surface area contributed by atoms with E-state index in [0.29, 0.717) is 5.92 Å². The van der Waals surface area contributed by atoms with Crippen LogP contribution in [0.1, 0.15) is 31.4 Å². The number of amides is 1. The van der Waals surface area contributed by atoms with Crippen molar-refractivity contribution in [3.63, 3.8) is 0 Å². The highest BCUT2D eigenvalue weighted by Gasteiger charge is 2.34. The second-order valence-electron chi connectivity index (χ2n) is 6.59. The van der Waals surface area contributed by atoms with E-state index in [9.17, 15) is 13.6 Å². The largest absolute Gasteiger partial charge is 0.497 e. The van der Waals surface area contributed by atoms with Gasteiger partial charge in [0.15, 0.2) is 11.6 Å². The molecule has 26 heavy (non-hydrogen) atoms. The zero-order chi connectivity index (χ0) is 18.7. The number of rotatable bonds is 7. The van der Waals surface area contributed by atoms with Crippen LogP contribution in [-0.4, -0.2) is 19.1 Å². The molecule has 2 aromatic carbocycles. The average molecular weight is 360 g/mol. The zero-order valence-electron chi connectivity index (χ0n) is 14.8. The monoisotopic (exact) mass is 360 g/mol. The van der Waals surface area contributed by atoms with E-state index in [4.69, 9.17) is 4.74 Å². The van der Waals surface area contributed by atoms with Crippen LogP contribution >= 0.6 is 0 Å². The maximum atomic E-state index is 13.3. The fraction of sp³-hybridized carbons (Fsp3) is 0.350. The van der Waals surface area contributed by atoms with E-state index in [1.165, 1.54) is 6.07 Å². The Kier molecular flexibility index (Phi) is 5.52. The molecule has 2 atom stereocenters. The Labute approximate surface area is 151 Å². The summed E-state index contributed by atoms with van der Waals surface area (Å²) < 4.78 is 31.5. The summed E-state index contributed by atoms with van der Waals surface area (Å²) in [5, 5.41) is 5.97. The highest BCUT2D eigenvalue weighted by atomic mass is 19.2. The smallest absolute Gasteiger partial charge is 0.241 e. The summed E-state index contributed by atoms with van der Waals surface area (Å²) in [6.45, 7) is 1.76. The van der Waals surface area contributed by atoms with Crippen molar-refractivity contribution < 1.29 is 18.3 Å². The molecule has 0 heterocycles. The van der Waals surface area contributed by atoms with Gasteiger partial charge < -0.3 is 10.1 Å². The number of halogens is 2. The van der Waals surface area contributed by atoms with Gasteiger partial charge in [-0.3, -0.25) is 10.1 Å². The lowest BCUT2D eigenvalue weighted by atomic mass is 10.0. The van der Waals surface area contributed by atoms with Gasteiger partial charge in [0.25, 0.3) is 0 Å². The van der Waals surface area contributed by atoms with Crippen LogP contribution in [0.3, 0.4) is 0 Å². The van der Waals surface area contributed by atoms with E-state index < -0.39 is 17.7 Å². The predicted octanol–water partition coefficient (Wildman–Crippen LogP) is 4.04. The molecular formula is C20H22F2N2O2. The molecule has 2 unspecified atom stereocenters. The molecule has 2 N–H and O–H groups in total. The molecule has 4 nitrogen and oxygen atoms in total. The maximum absolute atomic E-state index is 13.3. The van der Waals surface area contributed by atoms with Gasteiger partial charge in [-0.05, 0) is 55.5 Å². The fourth-order valence-corrected chi connectivity index (χ4v) is 2.91. The molecule has 0 aromatic heterocycles. The number of anilines is 1. The Bertz CT molecular complexity index is 776. The third-order valence-corrected chi connectivity index (χ3v) is 4.58. The SMILES string of the molecule is COc1ccc(C(NC(C)C(=O)Nc2ccc(F)c(F)c2)C2CC2)cc1. The average Bonchev–Trinajstić information content (AvgIpc) is 3.47. The molecule has 0 aliphatic heterocycles. The zero-order valence-corrected chi connectivity index (χ0v) is 14.8. The first-order chi connectivity index (χ1) is 12.5. The van der Waals surface area contributed by atoms with Crippen molar-refractivity contribution in [3.05, 3.63) is 59.7 Å². The van der Waals surface area contributed by atoms with Gasteiger partial charge in [0.2, 0.25) is 5.91 Å². The van der Waals surface area contributed by atoms with Crippen molar-refractivity contribution in [3.8, 4) is 5.75 Å². The summed E-state index contributed by atoms with van der Waals surface area (Å²) in [7, 11) is 1.62. The van der Waals surface area contributed by atoms with Crippen molar-refractivity contribution in [2.24, 2.45) is 5.92 Å². The Balaban J connectivity index is 1.66. The van der Waals surface area contributed by atoms with Gasteiger partial charge in [-0.15, -0.1) is 0 Å². The standard InChI is InChI=1S/C20H22F2N2O2/c1-12(20(25)24-15-7-10-17(21)18(22)11-15)23-19(13-3-4-13)14-5-8-16(26-2)9-6-14/h5-13,19,23H,3-4H2,1-2H3,(H,24,25). The van der Waals surface area contributed by atoms with Gasteiger partial charge in [-0.1, -0.05) is 12.1 Å². The van der Waals surface area contributed by atoms with Crippen LogP contribution in [0.2, 0.25) is 0 Å². The molecule has 138 valence electrons. The normalized spacial score (nSPS) is 16.0. The Hall–Kier alpha value is -2.47. The molecule has 0 spiro atoms. The number of hydrogen-bond acceptors (Lipinski definition) is 3. The van der Waals surface area contributed by atoms with Gasteiger partial charge in [0.05, 0.1) is 13.2 Å². The van der Waals surface area contributed by atoms with Crippen molar-refractivity contribution in [1.29, 1.82) is 0 Å². The summed E-state index contributed by atoms with van der Waals surface area (Å²) in [4.78, 5) is 12.4. The number of carbonyl (C=O) groups is 1. The van der Waals surface area contributed by atoms with Gasteiger partial charge in [0.1, 0.15) is 5.75 Å². The van der Waals surface area contributed by atoms with Crippen LogP contribution in [0.25, 0.3) is 0 Å². The van der Waals surface area contributed by atoms with E-state index in [2.05, 4.69) is 10.6 Å². The quantitative estimate of drug-likeness (QED) is 0.783. The molecule has 1 amide bonds. The number of carbonyl (C=O) groups excluding carboxylic acids is 1. The fourth-order valence-electron chi connectivity index (χ4n) is 2.91. The molecule has 2 aromatic rings. The number of benzene rings is 2. The van der Waals surface area contributed by atoms with Crippen LogP contribution in [-0.2, 0) is 4.79 Å². The molecular weight excluding hydrogens is 338 g/mol. The number of ether oxygens (including phenoxy) is 1. The molecule has 6 heteroatoms. The first kappa shape index (κ1) is 18.3. The highest BCUT2D eigenvalue weighted by Crippen LogP contribution is 2.41. The number of nitrogens with one attached hydrogen (secondary N) is 2. The van der Waals surface area contributed by atoms with Gasteiger partial charge in [-0.25, -0.2) is 8.78 Å². The minimum atomic E-state index is -0.988. The van der Waals surface area contributed by atoms with Gasteiger partial charge in [-0.2, -0.15) is 0 Å². The molecule has 1 aliphatic carbocycles. The van der Waals surface area contributed by atoms with Crippen LogP contribution in [0.4, 0.5) is 14.5 Å². The minimum Gasteiger partial charge on any atom is -0.497 e. The van der Waals surface area contributed by atoms with Crippen LogP contribution in [0, 0.1) is 17.6 Å². The molecule has 0 bridgehead atoms. The van der Waals surface area contributed by atoms with Crippen LogP contribution in [0.15, 0.2) is 42.5 Å². The third kappa shape index (κ3) is 4.38. The summed E-state index contributed by atoms with van der Waals surface area (Å²) in [6.07, 6.45) is 2.22. The minimum absolute atomic E-state index is 0.0617. The Morgan fingerprint density at radius 2 is 1.81 bits per heavy atom. The summed E-state index contributed by atoms with van der Waals surface area (Å²) >= 11 is 0. The van der Waals surface area contributed by atoms with Crippen molar-refractivity contribution in [2.75, 3.05) is 12.4 Å². The Morgan fingerprint density at radius 1 is 1.12 bits per heavy atom. The molecule has 1 aliphatic rings. The maximum Gasteiger partial charge on any atom is 0.241 e. The molecule has 1 saturated carbocycles. The summed E-state index contributed by atoms with van der Waals surface area (Å²) in [5.41, 5.74) is 1.33. The third-order valence-electron chi connectivity index (χ3n) is 4.58. The molecule has 3 rings (SSSR count). The second-order valence-corrected chi connectivity index (χ2v) is 6.59. The van der Waals surface area contributed by atoms with Crippen molar-refractivity contribution in [1.82, 2.24) is 5.32 Å². The van der Waals surface area contributed by atoms with Gasteiger partial charge in [0, 0.05) is 17.8 Å². The lowest BCUT2D eigenvalue weighted by Gasteiger charge is -2.23. The van der Waals surface area contributed by atoms with Gasteiger partial charge >= 0.3 is 0 Å².